The Balaban J connectivity index is 2.17. The summed E-state index contributed by atoms with van der Waals surface area (Å²) in [7, 11) is 1.55. The van der Waals surface area contributed by atoms with Gasteiger partial charge in [-0.25, -0.2) is 4.79 Å². The van der Waals surface area contributed by atoms with Gasteiger partial charge in [-0.3, -0.25) is 4.90 Å². The van der Waals surface area contributed by atoms with Crippen molar-refractivity contribution in [3.05, 3.63) is 23.2 Å². The third-order valence-electron chi connectivity index (χ3n) is 3.44. The van der Waals surface area contributed by atoms with Gasteiger partial charge in [-0.15, -0.1) is 0 Å². The maximum Gasteiger partial charge on any atom is 0.407 e. The molecular formula is C13H17ClN2O4. The van der Waals surface area contributed by atoms with Gasteiger partial charge in [0.05, 0.1) is 24.8 Å². The number of carbonyl (C=O) groups is 1. The minimum atomic E-state index is -1.00. The van der Waals surface area contributed by atoms with E-state index in [9.17, 15) is 9.90 Å². The lowest BCUT2D eigenvalue weighted by atomic mass is 10.1. The predicted molar refractivity (Wildman–Crippen MR) is 75.8 cm³/mol. The molecule has 1 aromatic rings. The standard InChI is InChI=1S/C13H17ClN2O4/c1-20-12-6-9(2-3-11(12)14)15-4-5-16(13(18)19)10(7-15)8-17/h2-3,6,10,17H,4-5,7-8H2,1H3,(H,18,19). The largest absolute Gasteiger partial charge is 0.495 e. The summed E-state index contributed by atoms with van der Waals surface area (Å²) in [5.41, 5.74) is 0.898. The zero-order valence-electron chi connectivity index (χ0n) is 11.1. The second-order valence-electron chi connectivity index (χ2n) is 4.58. The molecule has 1 amide bonds. The highest BCUT2D eigenvalue weighted by atomic mass is 35.5. The van der Waals surface area contributed by atoms with Crippen LogP contribution in [0.4, 0.5) is 10.5 Å². The van der Waals surface area contributed by atoms with E-state index in [4.69, 9.17) is 21.4 Å². The van der Waals surface area contributed by atoms with Crippen LogP contribution >= 0.6 is 11.6 Å². The molecule has 2 N–H and O–H groups in total. The smallest absolute Gasteiger partial charge is 0.407 e. The molecule has 0 saturated carbocycles. The number of aliphatic hydroxyl groups excluding tert-OH is 1. The van der Waals surface area contributed by atoms with Crippen molar-refractivity contribution in [2.24, 2.45) is 0 Å². The Morgan fingerprint density at radius 1 is 1.50 bits per heavy atom. The molecule has 1 saturated heterocycles. The molecule has 1 heterocycles. The molecule has 0 radical (unpaired) electrons. The zero-order chi connectivity index (χ0) is 14.7. The molecule has 1 atom stereocenters. The average Bonchev–Trinajstić information content (AvgIpc) is 2.46. The lowest BCUT2D eigenvalue weighted by Crippen LogP contribution is -2.56. The van der Waals surface area contributed by atoms with E-state index in [1.165, 1.54) is 4.90 Å². The zero-order valence-corrected chi connectivity index (χ0v) is 11.9. The Bertz CT molecular complexity index is 497. The van der Waals surface area contributed by atoms with Crippen LogP contribution in [0.15, 0.2) is 18.2 Å². The highest BCUT2D eigenvalue weighted by Gasteiger charge is 2.30. The summed E-state index contributed by atoms with van der Waals surface area (Å²) in [6.45, 7) is 1.15. The molecular weight excluding hydrogens is 284 g/mol. The van der Waals surface area contributed by atoms with E-state index in [1.54, 1.807) is 13.2 Å². The molecule has 1 unspecified atom stereocenters. The fourth-order valence-electron chi connectivity index (χ4n) is 2.34. The Morgan fingerprint density at radius 3 is 2.85 bits per heavy atom. The van der Waals surface area contributed by atoms with Gasteiger partial charge < -0.3 is 19.8 Å². The molecule has 1 aliphatic heterocycles. The molecule has 0 aromatic heterocycles. The molecule has 1 fully saturated rings. The first kappa shape index (κ1) is 14.7. The fourth-order valence-corrected chi connectivity index (χ4v) is 2.54. The topological polar surface area (TPSA) is 73.2 Å². The predicted octanol–water partition coefficient (Wildman–Crippen LogP) is 1.51. The number of halogens is 1. The molecule has 20 heavy (non-hydrogen) atoms. The number of piperazine rings is 1. The molecule has 6 nitrogen and oxygen atoms in total. The van der Waals surface area contributed by atoms with Gasteiger partial charge >= 0.3 is 6.09 Å². The van der Waals surface area contributed by atoms with Gasteiger partial charge in [0.15, 0.2) is 0 Å². The molecule has 0 bridgehead atoms. The second-order valence-corrected chi connectivity index (χ2v) is 4.98. The molecule has 0 aliphatic carbocycles. The second kappa shape index (κ2) is 6.19. The quantitative estimate of drug-likeness (QED) is 0.885. The van der Waals surface area contributed by atoms with Crippen molar-refractivity contribution in [2.45, 2.75) is 6.04 Å². The number of rotatable bonds is 3. The van der Waals surface area contributed by atoms with Crippen molar-refractivity contribution < 1.29 is 19.7 Å². The lowest BCUT2D eigenvalue weighted by molar-refractivity contribution is 0.0910. The monoisotopic (exact) mass is 300 g/mol. The molecule has 1 aliphatic rings. The van der Waals surface area contributed by atoms with Crippen molar-refractivity contribution in [1.82, 2.24) is 4.90 Å². The van der Waals surface area contributed by atoms with E-state index in [0.717, 1.165) is 5.69 Å². The Hall–Kier alpha value is -1.66. The van der Waals surface area contributed by atoms with Crippen molar-refractivity contribution in [2.75, 3.05) is 38.3 Å². The van der Waals surface area contributed by atoms with Crippen LogP contribution in [0.2, 0.25) is 5.02 Å². The van der Waals surface area contributed by atoms with Crippen LogP contribution in [0.25, 0.3) is 0 Å². The Labute approximate surface area is 122 Å². The number of amides is 1. The summed E-state index contributed by atoms with van der Waals surface area (Å²) in [6, 6.07) is 4.99. The number of methoxy groups -OCH3 is 1. The Kier molecular flexibility index (Phi) is 4.57. The number of anilines is 1. The first-order valence-electron chi connectivity index (χ1n) is 6.25. The van der Waals surface area contributed by atoms with E-state index in [1.807, 2.05) is 17.0 Å². The van der Waals surface area contributed by atoms with E-state index in [0.29, 0.717) is 30.4 Å². The highest BCUT2D eigenvalue weighted by Crippen LogP contribution is 2.30. The lowest BCUT2D eigenvalue weighted by Gasteiger charge is -2.40. The number of hydrogen-bond donors (Lipinski definition) is 2. The summed E-state index contributed by atoms with van der Waals surface area (Å²) < 4.78 is 5.18. The molecule has 0 spiro atoms. The van der Waals surface area contributed by atoms with Gasteiger partial charge in [0.1, 0.15) is 5.75 Å². The van der Waals surface area contributed by atoms with E-state index in [-0.39, 0.29) is 6.61 Å². The number of aliphatic hydroxyl groups is 1. The van der Waals surface area contributed by atoms with Crippen LogP contribution in [-0.4, -0.2) is 60.6 Å². The van der Waals surface area contributed by atoms with Crippen LogP contribution in [0, 0.1) is 0 Å². The fraction of sp³-hybridized carbons (Fsp3) is 0.462. The minimum absolute atomic E-state index is 0.201. The van der Waals surface area contributed by atoms with Crippen LogP contribution in [-0.2, 0) is 0 Å². The minimum Gasteiger partial charge on any atom is -0.495 e. The number of carboxylic acid groups (broad SMARTS) is 1. The van der Waals surface area contributed by atoms with Crippen molar-refractivity contribution in [3.63, 3.8) is 0 Å². The van der Waals surface area contributed by atoms with Crippen molar-refractivity contribution >= 4 is 23.4 Å². The van der Waals surface area contributed by atoms with Crippen LogP contribution in [0.1, 0.15) is 0 Å². The molecule has 1 aromatic carbocycles. The summed E-state index contributed by atoms with van der Waals surface area (Å²) in [4.78, 5) is 14.4. The summed E-state index contributed by atoms with van der Waals surface area (Å²) in [5.74, 6) is 0.574. The number of ether oxygens (including phenoxy) is 1. The SMILES string of the molecule is COc1cc(N2CCN(C(=O)O)C(CO)C2)ccc1Cl. The van der Waals surface area contributed by atoms with Crippen LogP contribution in [0.3, 0.4) is 0 Å². The van der Waals surface area contributed by atoms with E-state index < -0.39 is 12.1 Å². The van der Waals surface area contributed by atoms with Gasteiger partial charge in [0.2, 0.25) is 0 Å². The average molecular weight is 301 g/mol. The van der Waals surface area contributed by atoms with Gasteiger partial charge in [-0.1, -0.05) is 11.6 Å². The normalized spacial score (nSPS) is 19.1. The van der Waals surface area contributed by atoms with Crippen LogP contribution in [0.5, 0.6) is 5.75 Å². The third kappa shape index (κ3) is 2.91. The van der Waals surface area contributed by atoms with Gasteiger partial charge in [0.25, 0.3) is 0 Å². The van der Waals surface area contributed by atoms with Gasteiger partial charge in [-0.2, -0.15) is 0 Å². The molecule has 110 valence electrons. The van der Waals surface area contributed by atoms with Crippen molar-refractivity contribution in [3.8, 4) is 5.75 Å². The highest BCUT2D eigenvalue weighted by molar-refractivity contribution is 6.32. The number of benzene rings is 1. The molecule has 7 heteroatoms. The van der Waals surface area contributed by atoms with Gasteiger partial charge in [-0.05, 0) is 12.1 Å². The maximum absolute atomic E-state index is 11.1. The first-order valence-corrected chi connectivity index (χ1v) is 6.63. The van der Waals surface area contributed by atoms with E-state index in [2.05, 4.69) is 0 Å². The summed E-state index contributed by atoms with van der Waals surface area (Å²) in [6.07, 6.45) is -1.00. The van der Waals surface area contributed by atoms with Gasteiger partial charge in [0, 0.05) is 31.4 Å². The number of hydrogen-bond acceptors (Lipinski definition) is 4. The summed E-state index contributed by atoms with van der Waals surface area (Å²) >= 11 is 5.99. The third-order valence-corrected chi connectivity index (χ3v) is 3.75. The van der Waals surface area contributed by atoms with E-state index >= 15 is 0 Å². The first-order chi connectivity index (χ1) is 9.56. The number of nitrogens with zero attached hydrogens (tertiary/aromatic N) is 2. The Morgan fingerprint density at radius 2 is 2.25 bits per heavy atom. The summed E-state index contributed by atoms with van der Waals surface area (Å²) in [5, 5.41) is 18.9. The van der Waals surface area contributed by atoms with Crippen LogP contribution < -0.4 is 9.64 Å². The van der Waals surface area contributed by atoms with Crippen molar-refractivity contribution in [1.29, 1.82) is 0 Å². The molecule has 2 rings (SSSR count). The maximum atomic E-state index is 11.1.